The molecule has 3 rings (SSSR count). The Kier molecular flexibility index (Phi) is 4.60. The third-order valence-electron chi connectivity index (χ3n) is 4.59. The van der Waals surface area contributed by atoms with Crippen LogP contribution in [0.4, 0.5) is 0 Å². The van der Waals surface area contributed by atoms with Crippen molar-refractivity contribution in [1.82, 2.24) is 14.7 Å². The highest BCUT2D eigenvalue weighted by molar-refractivity contribution is 6.35. The first-order chi connectivity index (χ1) is 11.3. The van der Waals surface area contributed by atoms with Crippen LogP contribution in [0.2, 0.25) is 10.0 Å². The molecule has 1 saturated heterocycles. The zero-order valence-corrected chi connectivity index (χ0v) is 15.2. The first-order valence-corrected chi connectivity index (χ1v) is 8.58. The average molecular weight is 367 g/mol. The summed E-state index contributed by atoms with van der Waals surface area (Å²) >= 11 is 12.1. The fraction of sp³-hybridized carbons (Fsp3) is 0.412. The maximum Gasteiger partial charge on any atom is 0.257 e. The number of carbonyl (C=O) groups is 1. The molecule has 0 saturated carbocycles. The Balaban J connectivity index is 1.81. The normalized spacial score (nSPS) is 20.2. The number of carbonyl (C=O) groups excluding carboxylic acids is 1. The molecule has 7 heteroatoms. The molecule has 1 aliphatic heterocycles. The van der Waals surface area contributed by atoms with Gasteiger partial charge in [-0.25, -0.2) is 4.68 Å². The molecular weight excluding hydrogens is 347 g/mol. The standard InChI is InChI=1S/C17H20Cl2N4O/c1-17(2)10-22(6-5-15(17)20)16(24)11-8-21-23(9-11)14-4-3-12(18)7-13(14)19/h3-4,7-9,15H,5-6,10,20H2,1-2H3. The van der Waals surface area contributed by atoms with Crippen LogP contribution in [0.1, 0.15) is 30.6 Å². The second-order valence-electron chi connectivity index (χ2n) is 6.88. The van der Waals surface area contributed by atoms with E-state index in [2.05, 4.69) is 18.9 Å². The Labute approximate surface area is 151 Å². The van der Waals surface area contributed by atoms with E-state index in [4.69, 9.17) is 28.9 Å². The summed E-state index contributed by atoms with van der Waals surface area (Å²) in [7, 11) is 0. The van der Waals surface area contributed by atoms with Gasteiger partial charge in [-0.1, -0.05) is 37.0 Å². The molecule has 5 nitrogen and oxygen atoms in total. The fourth-order valence-electron chi connectivity index (χ4n) is 2.96. The van der Waals surface area contributed by atoms with Crippen molar-refractivity contribution < 1.29 is 4.79 Å². The van der Waals surface area contributed by atoms with Crippen molar-refractivity contribution in [2.24, 2.45) is 11.1 Å². The molecule has 1 aliphatic rings. The van der Waals surface area contributed by atoms with Crippen LogP contribution in [0.3, 0.4) is 0 Å². The second-order valence-corrected chi connectivity index (χ2v) is 7.72. The van der Waals surface area contributed by atoms with Crippen LogP contribution in [-0.4, -0.2) is 39.7 Å². The number of piperidine rings is 1. The van der Waals surface area contributed by atoms with Crippen LogP contribution >= 0.6 is 23.2 Å². The highest BCUT2D eigenvalue weighted by atomic mass is 35.5. The number of aromatic nitrogens is 2. The Hall–Kier alpha value is -1.56. The molecule has 1 amide bonds. The monoisotopic (exact) mass is 366 g/mol. The zero-order valence-electron chi connectivity index (χ0n) is 13.7. The molecule has 2 aromatic rings. The smallest absolute Gasteiger partial charge is 0.257 e. The molecule has 2 N–H and O–H groups in total. The van der Waals surface area contributed by atoms with Crippen LogP contribution in [0.25, 0.3) is 5.69 Å². The summed E-state index contributed by atoms with van der Waals surface area (Å²) in [5, 5.41) is 5.30. The summed E-state index contributed by atoms with van der Waals surface area (Å²) in [6, 6.07) is 5.27. The molecule has 1 unspecified atom stereocenters. The number of nitrogens with two attached hydrogens (primary N) is 1. The van der Waals surface area contributed by atoms with E-state index in [1.54, 1.807) is 35.3 Å². The average Bonchev–Trinajstić information content (AvgIpc) is 2.98. The Morgan fingerprint density at radius 2 is 2.12 bits per heavy atom. The molecule has 128 valence electrons. The highest BCUT2D eigenvalue weighted by Gasteiger charge is 2.35. The van der Waals surface area contributed by atoms with Gasteiger partial charge >= 0.3 is 0 Å². The minimum Gasteiger partial charge on any atom is -0.338 e. The van der Waals surface area contributed by atoms with Gasteiger partial charge in [0.1, 0.15) is 0 Å². The van der Waals surface area contributed by atoms with Crippen LogP contribution in [0.5, 0.6) is 0 Å². The van der Waals surface area contributed by atoms with Crippen molar-refractivity contribution >= 4 is 29.1 Å². The molecule has 0 spiro atoms. The lowest BCUT2D eigenvalue weighted by Crippen LogP contribution is -2.53. The zero-order chi connectivity index (χ0) is 17.5. The van der Waals surface area contributed by atoms with E-state index in [-0.39, 0.29) is 17.4 Å². The van der Waals surface area contributed by atoms with Gasteiger partial charge in [-0.3, -0.25) is 4.79 Å². The van der Waals surface area contributed by atoms with Crippen LogP contribution < -0.4 is 5.73 Å². The topological polar surface area (TPSA) is 64.2 Å². The van der Waals surface area contributed by atoms with Gasteiger partial charge in [-0.15, -0.1) is 0 Å². The molecule has 2 heterocycles. The molecule has 1 aromatic carbocycles. The lowest BCUT2D eigenvalue weighted by atomic mass is 9.79. The number of amides is 1. The fourth-order valence-corrected chi connectivity index (χ4v) is 3.46. The Bertz CT molecular complexity index is 772. The van der Waals surface area contributed by atoms with Gasteiger partial charge in [0.15, 0.2) is 0 Å². The minimum atomic E-state index is -0.0939. The van der Waals surface area contributed by atoms with E-state index in [0.29, 0.717) is 34.4 Å². The summed E-state index contributed by atoms with van der Waals surface area (Å²) < 4.78 is 1.59. The van der Waals surface area contributed by atoms with Crippen molar-refractivity contribution in [3.05, 3.63) is 46.2 Å². The number of hydrogen-bond acceptors (Lipinski definition) is 3. The molecule has 0 bridgehead atoms. The third-order valence-corrected chi connectivity index (χ3v) is 5.12. The number of halogens is 2. The molecule has 0 radical (unpaired) electrons. The van der Waals surface area contributed by atoms with Crippen molar-refractivity contribution in [3.63, 3.8) is 0 Å². The Morgan fingerprint density at radius 3 is 2.79 bits per heavy atom. The maximum atomic E-state index is 12.8. The highest BCUT2D eigenvalue weighted by Crippen LogP contribution is 2.29. The van der Waals surface area contributed by atoms with E-state index in [0.717, 1.165) is 6.42 Å². The van der Waals surface area contributed by atoms with Crippen LogP contribution in [0.15, 0.2) is 30.6 Å². The first-order valence-electron chi connectivity index (χ1n) is 7.83. The van der Waals surface area contributed by atoms with Crippen molar-refractivity contribution in [2.45, 2.75) is 26.3 Å². The van der Waals surface area contributed by atoms with Crippen LogP contribution in [-0.2, 0) is 0 Å². The van der Waals surface area contributed by atoms with E-state index in [1.807, 2.05) is 4.90 Å². The quantitative estimate of drug-likeness (QED) is 0.885. The number of nitrogens with zero attached hydrogens (tertiary/aromatic N) is 3. The van der Waals surface area contributed by atoms with Gasteiger partial charge in [0, 0.05) is 30.4 Å². The molecule has 24 heavy (non-hydrogen) atoms. The summed E-state index contributed by atoms with van der Waals surface area (Å²) in [6.45, 7) is 5.48. The lowest BCUT2D eigenvalue weighted by molar-refractivity contribution is 0.0533. The van der Waals surface area contributed by atoms with Crippen molar-refractivity contribution in [1.29, 1.82) is 0 Å². The molecular formula is C17H20Cl2N4O. The lowest BCUT2D eigenvalue weighted by Gasteiger charge is -2.42. The van der Waals surface area contributed by atoms with E-state index in [9.17, 15) is 4.79 Å². The van der Waals surface area contributed by atoms with E-state index < -0.39 is 0 Å². The number of benzene rings is 1. The number of hydrogen-bond donors (Lipinski definition) is 1. The van der Waals surface area contributed by atoms with Crippen molar-refractivity contribution in [2.75, 3.05) is 13.1 Å². The van der Waals surface area contributed by atoms with Gasteiger partial charge in [0.05, 0.1) is 22.5 Å². The summed E-state index contributed by atoms with van der Waals surface area (Å²) in [5.41, 5.74) is 7.26. The number of likely N-dealkylation sites (tertiary alicyclic amines) is 1. The van der Waals surface area contributed by atoms with Gasteiger partial charge in [0.25, 0.3) is 5.91 Å². The maximum absolute atomic E-state index is 12.8. The molecule has 0 aliphatic carbocycles. The van der Waals surface area contributed by atoms with Gasteiger partial charge in [0.2, 0.25) is 0 Å². The Morgan fingerprint density at radius 1 is 1.38 bits per heavy atom. The van der Waals surface area contributed by atoms with Gasteiger partial charge in [-0.2, -0.15) is 5.10 Å². The minimum absolute atomic E-state index is 0.0358. The van der Waals surface area contributed by atoms with E-state index in [1.165, 1.54) is 0 Å². The molecule has 1 atom stereocenters. The van der Waals surface area contributed by atoms with Crippen LogP contribution in [0, 0.1) is 5.41 Å². The first kappa shape index (κ1) is 17.3. The van der Waals surface area contributed by atoms with E-state index >= 15 is 0 Å². The van der Waals surface area contributed by atoms with Gasteiger partial charge < -0.3 is 10.6 Å². The second kappa shape index (κ2) is 6.39. The molecule has 1 fully saturated rings. The summed E-state index contributed by atoms with van der Waals surface area (Å²) in [4.78, 5) is 14.6. The summed E-state index contributed by atoms with van der Waals surface area (Å²) in [6.07, 6.45) is 4.06. The number of rotatable bonds is 2. The third kappa shape index (κ3) is 3.29. The SMILES string of the molecule is CC1(C)CN(C(=O)c2cnn(-c3ccc(Cl)cc3Cl)c2)CCC1N. The largest absolute Gasteiger partial charge is 0.338 e. The predicted molar refractivity (Wildman–Crippen MR) is 95.9 cm³/mol. The predicted octanol–water partition coefficient (Wildman–Crippen LogP) is 3.38. The summed E-state index contributed by atoms with van der Waals surface area (Å²) in [5.74, 6) is -0.0358. The van der Waals surface area contributed by atoms with Gasteiger partial charge in [-0.05, 0) is 30.0 Å². The van der Waals surface area contributed by atoms with Crippen molar-refractivity contribution in [3.8, 4) is 5.69 Å². The molecule has 1 aromatic heterocycles.